The number of aliphatic hydroxyl groups is 1. The van der Waals surface area contributed by atoms with Gasteiger partial charge in [0.2, 0.25) is 7.85 Å². The molecule has 1 N–H and O–H groups in total. The van der Waals surface area contributed by atoms with Gasteiger partial charge in [0, 0.05) is 38.8 Å². The molecule has 1 aromatic carbocycles. The highest BCUT2D eigenvalue weighted by Gasteiger charge is 2.20. The van der Waals surface area contributed by atoms with Gasteiger partial charge in [0.1, 0.15) is 18.5 Å². The Morgan fingerprint density at radius 3 is 2.88 bits per heavy atom. The largest absolute Gasteiger partial charge is 0.491 e. The SMILES string of the molecule is [B]C(=O)N1CCN(C[C@@H](O)COc2ccc3sc(C)nc3c2)CC1. The number of ether oxygens (including phenoxy) is 1. The maximum Gasteiger partial charge on any atom is 0.200 e. The molecule has 1 amide bonds. The third kappa shape index (κ3) is 4.26. The maximum atomic E-state index is 11.1. The Hall–Kier alpha value is -1.64. The van der Waals surface area contributed by atoms with Crippen LogP contribution in [-0.4, -0.2) is 79.0 Å². The van der Waals surface area contributed by atoms with Gasteiger partial charge in [-0.1, -0.05) is 0 Å². The molecule has 1 aliphatic heterocycles. The van der Waals surface area contributed by atoms with Gasteiger partial charge in [-0.25, -0.2) is 4.98 Å². The summed E-state index contributed by atoms with van der Waals surface area (Å²) in [6.07, 6.45) is -0.585. The van der Waals surface area contributed by atoms with E-state index in [1.165, 1.54) is 0 Å². The van der Waals surface area contributed by atoms with Crippen molar-refractivity contribution in [3.63, 3.8) is 0 Å². The summed E-state index contributed by atoms with van der Waals surface area (Å²) in [7, 11) is 5.26. The highest BCUT2D eigenvalue weighted by atomic mass is 32.1. The highest BCUT2D eigenvalue weighted by molar-refractivity contribution is 7.18. The molecule has 24 heavy (non-hydrogen) atoms. The molecule has 0 bridgehead atoms. The number of rotatable bonds is 5. The van der Waals surface area contributed by atoms with Crippen LogP contribution in [0.15, 0.2) is 18.2 Å². The monoisotopic (exact) mass is 345 g/mol. The molecule has 1 atom stereocenters. The standard InChI is InChI=1S/C16H20BN3O3S/c1-11-18-14-8-13(2-3-15(14)24-11)23-10-12(21)9-19-4-6-20(7-5-19)16(17)22/h2-3,8,12,21H,4-7,9-10H2,1H3/t12-/m1/s1. The fourth-order valence-corrected chi connectivity index (χ4v) is 3.61. The molecule has 0 unspecified atom stereocenters. The lowest BCUT2D eigenvalue weighted by Gasteiger charge is -2.35. The quantitative estimate of drug-likeness (QED) is 0.827. The van der Waals surface area contributed by atoms with E-state index in [4.69, 9.17) is 12.6 Å². The van der Waals surface area contributed by atoms with Gasteiger partial charge < -0.3 is 14.7 Å². The minimum absolute atomic E-state index is 0.227. The average molecular weight is 345 g/mol. The molecule has 6 nitrogen and oxygen atoms in total. The van der Waals surface area contributed by atoms with Crippen LogP contribution in [0.1, 0.15) is 5.01 Å². The summed E-state index contributed by atoms with van der Waals surface area (Å²) in [5, 5.41) is 11.2. The summed E-state index contributed by atoms with van der Waals surface area (Å²) in [6.45, 7) is 5.35. The number of piperazine rings is 1. The fourth-order valence-electron chi connectivity index (χ4n) is 2.81. The van der Waals surface area contributed by atoms with Crippen molar-refractivity contribution in [2.24, 2.45) is 0 Å². The van der Waals surface area contributed by atoms with Gasteiger partial charge in [0.05, 0.1) is 15.2 Å². The van der Waals surface area contributed by atoms with E-state index in [0.29, 0.717) is 38.5 Å². The molecular weight excluding hydrogens is 325 g/mol. The smallest absolute Gasteiger partial charge is 0.200 e. The maximum absolute atomic E-state index is 11.1. The van der Waals surface area contributed by atoms with Crippen molar-refractivity contribution in [2.45, 2.75) is 13.0 Å². The van der Waals surface area contributed by atoms with E-state index in [1.54, 1.807) is 16.2 Å². The topological polar surface area (TPSA) is 65.9 Å². The van der Waals surface area contributed by atoms with Crippen molar-refractivity contribution in [3.8, 4) is 5.75 Å². The third-order valence-corrected chi connectivity index (χ3v) is 5.01. The lowest BCUT2D eigenvalue weighted by molar-refractivity contribution is 0.0533. The highest BCUT2D eigenvalue weighted by Crippen LogP contribution is 2.25. The molecule has 126 valence electrons. The summed E-state index contributed by atoms with van der Waals surface area (Å²) in [5.41, 5.74) is 0.923. The lowest BCUT2D eigenvalue weighted by atomic mass is 10.1. The summed E-state index contributed by atoms with van der Waals surface area (Å²) < 4.78 is 6.82. The number of carbonyl (C=O) groups excluding carboxylic acids is 1. The second-order valence-electron chi connectivity index (χ2n) is 5.95. The van der Waals surface area contributed by atoms with Crippen LogP contribution >= 0.6 is 11.3 Å². The van der Waals surface area contributed by atoms with E-state index < -0.39 is 6.10 Å². The zero-order valence-electron chi connectivity index (χ0n) is 13.6. The number of aryl methyl sites for hydroxylation is 1. The van der Waals surface area contributed by atoms with Gasteiger partial charge in [-0.05, 0) is 19.1 Å². The first kappa shape index (κ1) is 17.2. The molecule has 0 spiro atoms. The number of benzene rings is 1. The molecule has 8 heteroatoms. The van der Waals surface area contributed by atoms with E-state index in [1.807, 2.05) is 25.1 Å². The summed E-state index contributed by atoms with van der Waals surface area (Å²) in [4.78, 5) is 19.3. The predicted molar refractivity (Wildman–Crippen MR) is 95.0 cm³/mol. The Balaban J connectivity index is 1.46. The van der Waals surface area contributed by atoms with Crippen molar-refractivity contribution in [1.82, 2.24) is 14.8 Å². The van der Waals surface area contributed by atoms with Gasteiger partial charge in [0.25, 0.3) is 0 Å². The van der Waals surface area contributed by atoms with Crippen LogP contribution in [0.25, 0.3) is 10.2 Å². The minimum atomic E-state index is -0.585. The molecule has 2 radical (unpaired) electrons. The Kier molecular flexibility index (Phi) is 5.38. The zero-order chi connectivity index (χ0) is 17.1. The Morgan fingerprint density at radius 1 is 1.42 bits per heavy atom. The summed E-state index contributed by atoms with van der Waals surface area (Å²) in [6, 6.07) is 5.79. The van der Waals surface area contributed by atoms with Crippen molar-refractivity contribution in [2.75, 3.05) is 39.3 Å². The minimum Gasteiger partial charge on any atom is -0.491 e. The van der Waals surface area contributed by atoms with E-state index in [-0.39, 0.29) is 12.4 Å². The van der Waals surface area contributed by atoms with Crippen LogP contribution in [0.2, 0.25) is 0 Å². The van der Waals surface area contributed by atoms with Crippen LogP contribution in [0, 0.1) is 6.92 Å². The van der Waals surface area contributed by atoms with E-state index in [0.717, 1.165) is 15.2 Å². The first-order chi connectivity index (χ1) is 11.5. The number of β-amino-alcohol motifs (C(OH)–C–C–N with tert-alkyl or cyclic N) is 1. The van der Waals surface area contributed by atoms with E-state index in [9.17, 15) is 9.90 Å². The number of carbonyl (C=O) groups is 1. The average Bonchev–Trinajstić information content (AvgIpc) is 2.92. The molecular formula is C16H20BN3O3S. The molecule has 2 heterocycles. The summed E-state index contributed by atoms with van der Waals surface area (Å²) in [5.74, 6) is 0.330. The molecule has 1 fully saturated rings. The molecule has 3 rings (SSSR count). The number of thiazole rings is 1. The van der Waals surface area contributed by atoms with Crippen molar-refractivity contribution < 1.29 is 14.6 Å². The van der Waals surface area contributed by atoms with E-state index >= 15 is 0 Å². The van der Waals surface area contributed by atoms with Crippen molar-refractivity contribution >= 4 is 35.2 Å². The third-order valence-electron chi connectivity index (χ3n) is 4.06. The normalized spacial score (nSPS) is 17.2. The van der Waals surface area contributed by atoms with Crippen LogP contribution in [0.3, 0.4) is 0 Å². The van der Waals surface area contributed by atoms with Gasteiger partial charge in [-0.15, -0.1) is 11.3 Å². The lowest BCUT2D eigenvalue weighted by Crippen LogP contribution is -2.50. The fraction of sp³-hybridized carbons (Fsp3) is 0.500. The Labute approximate surface area is 146 Å². The van der Waals surface area contributed by atoms with Crippen LogP contribution in [0.5, 0.6) is 5.75 Å². The molecule has 1 aromatic heterocycles. The van der Waals surface area contributed by atoms with E-state index in [2.05, 4.69) is 9.88 Å². The van der Waals surface area contributed by atoms with Crippen LogP contribution in [-0.2, 0) is 0 Å². The molecule has 0 aliphatic carbocycles. The Bertz CT molecular complexity index is 716. The van der Waals surface area contributed by atoms with Gasteiger partial charge in [-0.3, -0.25) is 9.69 Å². The molecule has 1 aliphatic rings. The second kappa shape index (κ2) is 7.50. The number of hydrogen-bond donors (Lipinski definition) is 1. The Morgan fingerprint density at radius 2 is 2.17 bits per heavy atom. The number of aliphatic hydroxyl groups excluding tert-OH is 1. The van der Waals surface area contributed by atoms with Crippen LogP contribution in [0.4, 0.5) is 4.79 Å². The number of aromatic nitrogens is 1. The first-order valence-corrected chi connectivity index (χ1v) is 8.78. The van der Waals surface area contributed by atoms with Gasteiger partial charge >= 0.3 is 0 Å². The second-order valence-corrected chi connectivity index (χ2v) is 7.19. The number of nitrogens with zero attached hydrogens (tertiary/aromatic N) is 3. The van der Waals surface area contributed by atoms with Crippen molar-refractivity contribution in [3.05, 3.63) is 23.2 Å². The van der Waals surface area contributed by atoms with Crippen LogP contribution < -0.4 is 4.74 Å². The number of fused-ring (bicyclic) bond motifs is 1. The zero-order valence-corrected chi connectivity index (χ0v) is 14.5. The molecule has 2 aromatic rings. The van der Waals surface area contributed by atoms with Gasteiger partial charge in [-0.2, -0.15) is 0 Å². The predicted octanol–water partition coefficient (Wildman–Crippen LogP) is 1.25. The summed E-state index contributed by atoms with van der Waals surface area (Å²) >= 11 is 1.65. The first-order valence-electron chi connectivity index (χ1n) is 7.96. The van der Waals surface area contributed by atoms with Crippen molar-refractivity contribution in [1.29, 1.82) is 0 Å². The number of hydrogen-bond acceptors (Lipinski definition) is 6. The number of amides is 1. The van der Waals surface area contributed by atoms with Gasteiger partial charge in [0.15, 0.2) is 5.81 Å². The molecule has 0 saturated carbocycles. The molecule has 1 saturated heterocycles.